The second-order valence-corrected chi connectivity index (χ2v) is 12.0. The van der Waals surface area contributed by atoms with Crippen molar-refractivity contribution < 1.29 is 33.4 Å². The second kappa shape index (κ2) is 14.0. The van der Waals surface area contributed by atoms with E-state index < -0.39 is 47.6 Å². The zero-order valence-corrected chi connectivity index (χ0v) is 25.8. The molecule has 1 aliphatic carbocycles. The minimum atomic E-state index is -1.48. The number of para-hydroxylation sites is 1. The molecule has 0 saturated heterocycles. The van der Waals surface area contributed by atoms with Crippen LogP contribution in [0, 0.1) is 12.8 Å². The Kier molecular flexibility index (Phi) is 11.0. The van der Waals surface area contributed by atoms with Crippen LogP contribution in [0.5, 0.6) is 0 Å². The number of benzene rings is 1. The van der Waals surface area contributed by atoms with Gasteiger partial charge in [-0.1, -0.05) is 19.4 Å². The lowest BCUT2D eigenvalue weighted by atomic mass is 9.90. The second-order valence-electron chi connectivity index (χ2n) is 12.0. The monoisotopic (exact) mass is 584 g/mol. The van der Waals surface area contributed by atoms with Crippen molar-refractivity contribution >= 4 is 40.5 Å². The number of nitrogens with one attached hydrogen (secondary N) is 2. The number of ether oxygens (including phenoxy) is 3. The third-order valence-electron chi connectivity index (χ3n) is 6.86. The molecule has 2 N–H and O–H groups in total. The average molecular weight is 585 g/mol. The predicted octanol–water partition coefficient (Wildman–Crippen LogP) is 4.93. The van der Waals surface area contributed by atoms with E-state index in [9.17, 15) is 19.2 Å². The highest BCUT2D eigenvalue weighted by Gasteiger charge is 2.39. The molecule has 11 heteroatoms. The summed E-state index contributed by atoms with van der Waals surface area (Å²) in [4.78, 5) is 62.5. The van der Waals surface area contributed by atoms with E-state index in [1.807, 2.05) is 13.8 Å². The topological polar surface area (TPSA) is 146 Å². The van der Waals surface area contributed by atoms with Crippen molar-refractivity contribution in [1.82, 2.24) is 15.3 Å². The molecule has 1 fully saturated rings. The Hall–Kier alpha value is -3.60. The SMILES string of the molecule is CCCCOCC(NC(=O)OC(C)(C)C)C(=O)C(CC(=O)c1cccc2nc(C)c(NC3(C)CC3)nc12)C(=O)OCC. The molecule has 1 amide bonds. The molecule has 0 bridgehead atoms. The average Bonchev–Trinajstić information content (AvgIpc) is 3.64. The number of alkyl carbamates (subject to hydrolysis) is 1. The number of amides is 1. The van der Waals surface area contributed by atoms with Gasteiger partial charge in [0.25, 0.3) is 0 Å². The summed E-state index contributed by atoms with van der Waals surface area (Å²) in [6, 6.07) is 3.82. The van der Waals surface area contributed by atoms with Gasteiger partial charge in [0.2, 0.25) is 0 Å². The first-order valence-electron chi connectivity index (χ1n) is 14.6. The normalized spacial score (nSPS) is 15.4. The van der Waals surface area contributed by atoms with Gasteiger partial charge >= 0.3 is 12.1 Å². The van der Waals surface area contributed by atoms with Crippen LogP contribution in [0.15, 0.2) is 18.2 Å². The quantitative estimate of drug-likeness (QED) is 0.128. The van der Waals surface area contributed by atoms with Crippen LogP contribution in [-0.2, 0) is 23.8 Å². The van der Waals surface area contributed by atoms with E-state index in [4.69, 9.17) is 19.2 Å². The smallest absolute Gasteiger partial charge is 0.408 e. The molecule has 1 saturated carbocycles. The Morgan fingerprint density at radius 3 is 2.43 bits per heavy atom. The molecule has 0 spiro atoms. The molecule has 2 atom stereocenters. The zero-order chi connectivity index (χ0) is 31.1. The summed E-state index contributed by atoms with van der Waals surface area (Å²) in [5, 5.41) is 5.94. The summed E-state index contributed by atoms with van der Waals surface area (Å²) in [7, 11) is 0. The lowest BCUT2D eigenvalue weighted by molar-refractivity contribution is -0.152. The van der Waals surface area contributed by atoms with Gasteiger partial charge in [0.1, 0.15) is 28.9 Å². The summed E-state index contributed by atoms with van der Waals surface area (Å²) in [5.74, 6) is -2.92. The van der Waals surface area contributed by atoms with Crippen LogP contribution in [-0.4, -0.2) is 70.6 Å². The number of esters is 1. The fraction of sp³-hybridized carbons (Fsp3) is 0.613. The summed E-state index contributed by atoms with van der Waals surface area (Å²) in [6.07, 6.45) is 2.34. The van der Waals surface area contributed by atoms with E-state index in [2.05, 4.69) is 22.5 Å². The molecule has 3 rings (SSSR count). The molecule has 11 nitrogen and oxygen atoms in total. The third kappa shape index (κ3) is 9.20. The minimum absolute atomic E-state index is 0.0147. The number of rotatable bonds is 15. The van der Waals surface area contributed by atoms with Crippen LogP contribution in [0.25, 0.3) is 11.0 Å². The van der Waals surface area contributed by atoms with Crippen molar-refractivity contribution in [3.8, 4) is 0 Å². The van der Waals surface area contributed by atoms with Crippen molar-refractivity contribution in [3.05, 3.63) is 29.5 Å². The standard InChI is InChI=1S/C31H44N4O7/c1-8-10-16-40-18-23(33-29(39)42-30(4,5)6)26(37)21(28(38)41-9-2)17-24(36)20-12-11-13-22-25(20)34-27(19(3)32-22)35-31(7)14-15-31/h11-13,21,23H,8-10,14-18H2,1-7H3,(H,33,39)(H,34,35). The Labute approximate surface area is 247 Å². The van der Waals surface area contributed by atoms with Crippen molar-refractivity contribution in [1.29, 1.82) is 0 Å². The van der Waals surface area contributed by atoms with Gasteiger partial charge in [-0.15, -0.1) is 0 Å². The van der Waals surface area contributed by atoms with Gasteiger partial charge in [-0.25, -0.2) is 14.8 Å². The van der Waals surface area contributed by atoms with Crippen molar-refractivity contribution in [2.45, 2.75) is 97.8 Å². The van der Waals surface area contributed by atoms with Gasteiger partial charge in [-0.2, -0.15) is 0 Å². The summed E-state index contributed by atoms with van der Waals surface area (Å²) in [5.41, 5.74) is 0.984. The molecule has 1 aromatic heterocycles. The van der Waals surface area contributed by atoms with E-state index in [0.717, 1.165) is 25.7 Å². The van der Waals surface area contributed by atoms with Crippen LogP contribution in [0.4, 0.5) is 10.6 Å². The van der Waals surface area contributed by atoms with Gasteiger partial charge in [-0.3, -0.25) is 14.4 Å². The van der Waals surface area contributed by atoms with E-state index in [1.165, 1.54) is 0 Å². The first-order chi connectivity index (χ1) is 19.8. The third-order valence-corrected chi connectivity index (χ3v) is 6.86. The maximum atomic E-state index is 13.8. The van der Waals surface area contributed by atoms with E-state index in [0.29, 0.717) is 29.2 Å². The first-order valence-corrected chi connectivity index (χ1v) is 14.6. The van der Waals surface area contributed by atoms with Gasteiger partial charge in [0.15, 0.2) is 11.6 Å². The number of nitrogens with zero attached hydrogens (tertiary/aromatic N) is 2. The first kappa shape index (κ1) is 32.9. The van der Waals surface area contributed by atoms with Crippen molar-refractivity contribution in [2.24, 2.45) is 5.92 Å². The Morgan fingerprint density at radius 2 is 1.81 bits per heavy atom. The van der Waals surface area contributed by atoms with Crippen molar-refractivity contribution in [2.75, 3.05) is 25.1 Å². The van der Waals surface area contributed by atoms with E-state index >= 15 is 0 Å². The number of ketones is 2. The number of aromatic nitrogens is 2. The number of carbonyl (C=O) groups excluding carboxylic acids is 4. The lowest BCUT2D eigenvalue weighted by Crippen LogP contribution is -2.50. The lowest BCUT2D eigenvalue weighted by Gasteiger charge is -2.25. The van der Waals surface area contributed by atoms with E-state index in [-0.39, 0.29) is 24.3 Å². The van der Waals surface area contributed by atoms with Crippen LogP contribution in [0.3, 0.4) is 0 Å². The molecule has 1 aromatic carbocycles. The zero-order valence-electron chi connectivity index (χ0n) is 25.8. The van der Waals surface area contributed by atoms with Gasteiger partial charge in [0, 0.05) is 24.1 Å². The molecule has 2 unspecified atom stereocenters. The highest BCUT2D eigenvalue weighted by molar-refractivity contribution is 6.11. The Bertz CT molecular complexity index is 1300. The van der Waals surface area contributed by atoms with Gasteiger partial charge < -0.3 is 24.8 Å². The maximum Gasteiger partial charge on any atom is 0.408 e. The molecular formula is C31H44N4O7. The molecule has 1 heterocycles. The van der Waals surface area contributed by atoms with E-state index in [1.54, 1.807) is 45.9 Å². The number of fused-ring (bicyclic) bond motifs is 1. The minimum Gasteiger partial charge on any atom is -0.465 e. The van der Waals surface area contributed by atoms with Crippen LogP contribution in [0.1, 0.15) is 89.7 Å². The molecule has 0 aliphatic heterocycles. The number of anilines is 1. The van der Waals surface area contributed by atoms with Crippen molar-refractivity contribution in [3.63, 3.8) is 0 Å². The summed E-state index contributed by atoms with van der Waals surface area (Å²) >= 11 is 0. The van der Waals surface area contributed by atoms with Crippen LogP contribution >= 0.6 is 0 Å². The molecule has 2 aromatic rings. The largest absolute Gasteiger partial charge is 0.465 e. The highest BCUT2D eigenvalue weighted by Crippen LogP contribution is 2.38. The number of carbonyl (C=O) groups is 4. The number of unbranched alkanes of at least 4 members (excludes halogenated alkanes) is 1. The van der Waals surface area contributed by atoms with Gasteiger partial charge in [0.05, 0.1) is 24.4 Å². The fourth-order valence-electron chi connectivity index (χ4n) is 4.28. The number of Topliss-reactive ketones (excluding diaryl/α,β-unsaturated/α-hetero) is 2. The Morgan fingerprint density at radius 1 is 1.10 bits per heavy atom. The molecule has 0 radical (unpaired) electrons. The number of hydrogen-bond donors (Lipinski definition) is 2. The molecule has 230 valence electrons. The maximum absolute atomic E-state index is 13.8. The fourth-order valence-corrected chi connectivity index (χ4v) is 4.28. The number of hydrogen-bond acceptors (Lipinski definition) is 10. The molecule has 1 aliphatic rings. The number of aryl methyl sites for hydroxylation is 1. The molecule has 42 heavy (non-hydrogen) atoms. The summed E-state index contributed by atoms with van der Waals surface area (Å²) in [6.45, 7) is 12.8. The Balaban J connectivity index is 1.91. The summed E-state index contributed by atoms with van der Waals surface area (Å²) < 4.78 is 16.2. The highest BCUT2D eigenvalue weighted by atomic mass is 16.6. The van der Waals surface area contributed by atoms with Gasteiger partial charge in [-0.05, 0) is 72.9 Å². The van der Waals surface area contributed by atoms with Crippen LogP contribution in [0.2, 0.25) is 0 Å². The van der Waals surface area contributed by atoms with Crippen LogP contribution < -0.4 is 10.6 Å². The molecular weight excluding hydrogens is 540 g/mol. The predicted molar refractivity (Wildman–Crippen MR) is 158 cm³/mol.